The second-order valence-corrected chi connectivity index (χ2v) is 5.87. The van der Waals surface area contributed by atoms with E-state index in [9.17, 15) is 12.8 Å². The van der Waals surface area contributed by atoms with Crippen molar-refractivity contribution < 1.29 is 17.5 Å². The zero-order valence-electron chi connectivity index (χ0n) is 8.74. The molecule has 1 rings (SSSR count). The molecule has 0 heterocycles. The van der Waals surface area contributed by atoms with Gasteiger partial charge in [0.2, 0.25) is 0 Å². The van der Waals surface area contributed by atoms with Crippen molar-refractivity contribution >= 4 is 21.4 Å². The average Bonchev–Trinajstić information content (AvgIpc) is 2.18. The van der Waals surface area contributed by atoms with Crippen molar-refractivity contribution in [2.24, 2.45) is 0 Å². The van der Waals surface area contributed by atoms with Gasteiger partial charge in [-0.15, -0.1) is 11.6 Å². The van der Waals surface area contributed by atoms with Gasteiger partial charge in [-0.2, -0.15) is 0 Å². The standard InChI is InChI=1S/C10H12ClFO3S/c1-16(13,14)6-5-15-10-8(7-11)3-2-4-9(10)12/h2-4H,5-7H2,1H3. The Bertz CT molecular complexity index is 459. The molecule has 6 heteroatoms. The van der Waals surface area contributed by atoms with Crippen LogP contribution in [0, 0.1) is 5.82 Å². The van der Waals surface area contributed by atoms with Crippen molar-refractivity contribution in [1.29, 1.82) is 0 Å². The molecular weight excluding hydrogens is 255 g/mol. The van der Waals surface area contributed by atoms with Crippen molar-refractivity contribution in [1.82, 2.24) is 0 Å². The molecule has 0 aliphatic carbocycles. The molecule has 1 aromatic carbocycles. The predicted molar refractivity (Wildman–Crippen MR) is 61.2 cm³/mol. The molecular formula is C10H12ClFO3S. The molecule has 16 heavy (non-hydrogen) atoms. The minimum atomic E-state index is -3.11. The number of alkyl halides is 1. The molecule has 0 aliphatic heterocycles. The Morgan fingerprint density at radius 3 is 2.69 bits per heavy atom. The van der Waals surface area contributed by atoms with E-state index in [1.54, 1.807) is 6.07 Å². The van der Waals surface area contributed by atoms with Gasteiger partial charge in [-0.3, -0.25) is 0 Å². The molecule has 0 atom stereocenters. The smallest absolute Gasteiger partial charge is 0.165 e. The van der Waals surface area contributed by atoms with Crippen LogP contribution in [0.15, 0.2) is 18.2 Å². The van der Waals surface area contributed by atoms with Gasteiger partial charge >= 0.3 is 0 Å². The van der Waals surface area contributed by atoms with Crippen molar-refractivity contribution in [2.45, 2.75) is 5.88 Å². The lowest BCUT2D eigenvalue weighted by atomic mass is 10.2. The number of hydrogen-bond donors (Lipinski definition) is 0. The van der Waals surface area contributed by atoms with Gasteiger partial charge < -0.3 is 4.74 Å². The van der Waals surface area contributed by atoms with E-state index in [4.69, 9.17) is 16.3 Å². The van der Waals surface area contributed by atoms with E-state index in [1.807, 2.05) is 0 Å². The first-order chi connectivity index (χ1) is 7.44. The van der Waals surface area contributed by atoms with Crippen LogP contribution in [-0.2, 0) is 15.7 Å². The minimum Gasteiger partial charge on any atom is -0.489 e. The van der Waals surface area contributed by atoms with Crippen LogP contribution in [0.5, 0.6) is 5.75 Å². The quantitative estimate of drug-likeness (QED) is 0.766. The molecule has 1 aromatic rings. The number of ether oxygens (including phenoxy) is 1. The fraction of sp³-hybridized carbons (Fsp3) is 0.400. The van der Waals surface area contributed by atoms with Gasteiger partial charge in [0.1, 0.15) is 6.61 Å². The van der Waals surface area contributed by atoms with Crippen molar-refractivity contribution in [3.05, 3.63) is 29.6 Å². The normalized spacial score (nSPS) is 11.4. The fourth-order valence-electron chi connectivity index (χ4n) is 1.12. The summed E-state index contributed by atoms with van der Waals surface area (Å²) in [4.78, 5) is 0. The molecule has 0 saturated heterocycles. The van der Waals surface area contributed by atoms with Crippen LogP contribution in [-0.4, -0.2) is 27.0 Å². The van der Waals surface area contributed by atoms with Gasteiger partial charge in [0, 0.05) is 11.8 Å². The largest absolute Gasteiger partial charge is 0.489 e. The van der Waals surface area contributed by atoms with Gasteiger partial charge in [-0.1, -0.05) is 12.1 Å². The molecule has 3 nitrogen and oxygen atoms in total. The SMILES string of the molecule is CS(=O)(=O)CCOc1c(F)cccc1CCl. The van der Waals surface area contributed by atoms with Crippen LogP contribution in [0.2, 0.25) is 0 Å². The summed E-state index contributed by atoms with van der Waals surface area (Å²) in [7, 11) is -3.11. The molecule has 0 bridgehead atoms. The van der Waals surface area contributed by atoms with Crippen molar-refractivity contribution in [3.8, 4) is 5.75 Å². The highest BCUT2D eigenvalue weighted by molar-refractivity contribution is 7.90. The molecule has 0 N–H and O–H groups in total. The number of rotatable bonds is 5. The summed E-state index contributed by atoms with van der Waals surface area (Å²) >= 11 is 5.61. The lowest BCUT2D eigenvalue weighted by Gasteiger charge is -2.10. The van der Waals surface area contributed by atoms with Crippen LogP contribution >= 0.6 is 11.6 Å². The van der Waals surface area contributed by atoms with Crippen LogP contribution in [0.1, 0.15) is 5.56 Å². The molecule has 0 unspecified atom stereocenters. The van der Waals surface area contributed by atoms with E-state index >= 15 is 0 Å². The van der Waals surface area contributed by atoms with Crippen LogP contribution in [0.25, 0.3) is 0 Å². The van der Waals surface area contributed by atoms with Gasteiger partial charge in [-0.25, -0.2) is 12.8 Å². The lowest BCUT2D eigenvalue weighted by molar-refractivity contribution is 0.319. The van der Waals surface area contributed by atoms with Crippen molar-refractivity contribution in [2.75, 3.05) is 18.6 Å². The Morgan fingerprint density at radius 2 is 2.12 bits per heavy atom. The molecule has 0 radical (unpaired) electrons. The third kappa shape index (κ3) is 3.98. The third-order valence-corrected chi connectivity index (χ3v) is 3.09. The number of hydrogen-bond acceptors (Lipinski definition) is 3. The number of halogens is 2. The molecule has 0 aromatic heterocycles. The first kappa shape index (κ1) is 13.3. The van der Waals surface area contributed by atoms with E-state index in [1.165, 1.54) is 12.1 Å². The number of sulfone groups is 1. The highest BCUT2D eigenvalue weighted by Gasteiger charge is 2.10. The topological polar surface area (TPSA) is 43.4 Å². The predicted octanol–water partition coefficient (Wildman–Crippen LogP) is 1.99. The third-order valence-electron chi connectivity index (χ3n) is 1.89. The first-order valence-electron chi connectivity index (χ1n) is 4.58. The molecule has 0 saturated carbocycles. The zero-order chi connectivity index (χ0) is 12.2. The maximum atomic E-state index is 13.3. The molecule has 90 valence electrons. The number of para-hydroxylation sites is 1. The summed E-state index contributed by atoms with van der Waals surface area (Å²) in [6, 6.07) is 4.40. The van der Waals surface area contributed by atoms with Gasteiger partial charge in [0.05, 0.1) is 11.6 Å². The molecule has 0 spiro atoms. The number of benzene rings is 1. The fourth-order valence-corrected chi connectivity index (χ4v) is 1.71. The summed E-state index contributed by atoms with van der Waals surface area (Å²) in [6.45, 7) is -0.0797. The van der Waals surface area contributed by atoms with Crippen LogP contribution < -0.4 is 4.74 Å². The first-order valence-corrected chi connectivity index (χ1v) is 7.17. The summed E-state index contributed by atoms with van der Waals surface area (Å²) in [5.41, 5.74) is 0.509. The van der Waals surface area contributed by atoms with Crippen molar-refractivity contribution in [3.63, 3.8) is 0 Å². The summed E-state index contributed by atoms with van der Waals surface area (Å²) in [6.07, 6.45) is 1.10. The maximum absolute atomic E-state index is 13.3. The van der Waals surface area contributed by atoms with E-state index in [0.29, 0.717) is 5.56 Å². The Morgan fingerprint density at radius 1 is 1.44 bits per heavy atom. The Labute approximate surface area is 99.1 Å². The van der Waals surface area contributed by atoms with Gasteiger partial charge in [0.15, 0.2) is 21.4 Å². The second-order valence-electron chi connectivity index (χ2n) is 3.34. The van der Waals surface area contributed by atoms with Gasteiger partial charge in [0.25, 0.3) is 0 Å². The maximum Gasteiger partial charge on any atom is 0.165 e. The highest BCUT2D eigenvalue weighted by Crippen LogP contribution is 2.24. The van der Waals surface area contributed by atoms with E-state index < -0.39 is 15.7 Å². The summed E-state index contributed by atoms with van der Waals surface area (Å²) < 4.78 is 40.1. The molecule has 0 aliphatic rings. The summed E-state index contributed by atoms with van der Waals surface area (Å²) in [5.74, 6) is -0.539. The van der Waals surface area contributed by atoms with E-state index in [0.717, 1.165) is 6.26 Å². The summed E-state index contributed by atoms with van der Waals surface area (Å²) in [5, 5.41) is 0. The van der Waals surface area contributed by atoms with Crippen LogP contribution in [0.4, 0.5) is 4.39 Å². The van der Waals surface area contributed by atoms with Gasteiger partial charge in [-0.05, 0) is 6.07 Å². The monoisotopic (exact) mass is 266 g/mol. The highest BCUT2D eigenvalue weighted by atomic mass is 35.5. The lowest BCUT2D eigenvalue weighted by Crippen LogP contribution is -2.13. The molecule has 0 amide bonds. The average molecular weight is 267 g/mol. The van der Waals surface area contributed by atoms with E-state index in [-0.39, 0.29) is 24.0 Å². The zero-order valence-corrected chi connectivity index (χ0v) is 10.3. The minimum absolute atomic E-state index is 0.0288. The van der Waals surface area contributed by atoms with Crippen LogP contribution in [0.3, 0.4) is 0 Å². The Kier molecular flexibility index (Phi) is 4.56. The Hall–Kier alpha value is -0.810. The molecule has 0 fully saturated rings. The second kappa shape index (κ2) is 5.50. The van der Waals surface area contributed by atoms with E-state index in [2.05, 4.69) is 0 Å². The Balaban J connectivity index is 2.73.